The Bertz CT molecular complexity index is 215. The van der Waals surface area contributed by atoms with Gasteiger partial charge < -0.3 is 14.7 Å². The molecule has 2 rings (SSSR count). The molecule has 0 saturated carbocycles. The van der Waals surface area contributed by atoms with Crippen molar-refractivity contribution in [1.82, 2.24) is 4.90 Å². The molecule has 4 nitrogen and oxygen atoms in total. The third-order valence-corrected chi connectivity index (χ3v) is 3.08. The highest BCUT2D eigenvalue weighted by Gasteiger charge is 2.28. The van der Waals surface area contributed by atoms with Crippen molar-refractivity contribution in [2.45, 2.75) is 12.8 Å². The van der Waals surface area contributed by atoms with Gasteiger partial charge >= 0.3 is 5.97 Å². The van der Waals surface area contributed by atoms with E-state index >= 15 is 0 Å². The highest BCUT2D eigenvalue weighted by atomic mass is 16.5. The smallest absolute Gasteiger partial charge is 0.307 e. The first-order chi connectivity index (χ1) is 6.75. The van der Waals surface area contributed by atoms with Crippen LogP contribution in [-0.2, 0) is 9.53 Å². The number of carboxylic acids is 1. The van der Waals surface area contributed by atoms with E-state index in [4.69, 9.17) is 9.84 Å². The maximum atomic E-state index is 10.8. The molecular formula is C10H17NO3. The number of hydrogen-bond donors (Lipinski definition) is 1. The molecule has 0 aromatic rings. The Hall–Kier alpha value is -0.610. The molecule has 0 amide bonds. The van der Waals surface area contributed by atoms with Crippen LogP contribution in [0.2, 0.25) is 0 Å². The van der Waals surface area contributed by atoms with E-state index in [0.29, 0.717) is 5.92 Å². The maximum absolute atomic E-state index is 10.8. The van der Waals surface area contributed by atoms with Crippen molar-refractivity contribution in [3.63, 3.8) is 0 Å². The van der Waals surface area contributed by atoms with Crippen molar-refractivity contribution in [3.05, 3.63) is 0 Å². The van der Waals surface area contributed by atoms with E-state index in [1.165, 1.54) is 0 Å². The van der Waals surface area contributed by atoms with Crippen LogP contribution in [0.4, 0.5) is 0 Å². The summed E-state index contributed by atoms with van der Waals surface area (Å²) in [6, 6.07) is 0. The molecule has 0 spiro atoms. The first kappa shape index (κ1) is 9.93. The molecule has 0 aliphatic carbocycles. The molecule has 1 unspecified atom stereocenters. The van der Waals surface area contributed by atoms with Gasteiger partial charge in [0.05, 0.1) is 19.1 Å². The lowest BCUT2D eigenvalue weighted by molar-refractivity contribution is -0.144. The van der Waals surface area contributed by atoms with E-state index in [0.717, 1.165) is 45.7 Å². The summed E-state index contributed by atoms with van der Waals surface area (Å²) in [5, 5.41) is 8.91. The molecule has 2 saturated heterocycles. The number of carbonyl (C=O) groups is 1. The minimum absolute atomic E-state index is 0.148. The quantitative estimate of drug-likeness (QED) is 0.716. The summed E-state index contributed by atoms with van der Waals surface area (Å²) in [5.74, 6) is -0.146. The predicted octanol–water partition coefficient (Wildman–Crippen LogP) is 0.429. The molecule has 2 aliphatic rings. The fourth-order valence-electron chi connectivity index (χ4n) is 2.18. The Balaban J connectivity index is 1.78. The van der Waals surface area contributed by atoms with Crippen LogP contribution in [0.5, 0.6) is 0 Å². The van der Waals surface area contributed by atoms with Gasteiger partial charge in [-0.1, -0.05) is 0 Å². The van der Waals surface area contributed by atoms with Gasteiger partial charge in [0, 0.05) is 19.0 Å². The maximum Gasteiger partial charge on any atom is 0.307 e. The highest BCUT2D eigenvalue weighted by molar-refractivity contribution is 5.70. The molecule has 0 aromatic heterocycles. The van der Waals surface area contributed by atoms with Crippen LogP contribution in [0.3, 0.4) is 0 Å². The van der Waals surface area contributed by atoms with E-state index < -0.39 is 5.97 Å². The SMILES string of the molecule is O=C(O)C1CCCN(CC2COC2)C1. The summed E-state index contributed by atoms with van der Waals surface area (Å²) < 4.78 is 5.11. The Morgan fingerprint density at radius 1 is 1.50 bits per heavy atom. The molecule has 1 atom stereocenters. The summed E-state index contributed by atoms with van der Waals surface area (Å²) in [6.07, 6.45) is 1.86. The zero-order valence-corrected chi connectivity index (χ0v) is 8.32. The Kier molecular flexibility index (Phi) is 3.03. The van der Waals surface area contributed by atoms with Crippen molar-refractivity contribution >= 4 is 5.97 Å². The van der Waals surface area contributed by atoms with Crippen LogP contribution in [-0.4, -0.2) is 48.8 Å². The fraction of sp³-hybridized carbons (Fsp3) is 0.900. The molecule has 2 aliphatic heterocycles. The summed E-state index contributed by atoms with van der Waals surface area (Å²) in [5.41, 5.74) is 0. The monoisotopic (exact) mass is 199 g/mol. The van der Waals surface area contributed by atoms with Crippen LogP contribution < -0.4 is 0 Å². The number of piperidine rings is 1. The lowest BCUT2D eigenvalue weighted by Gasteiger charge is -2.36. The van der Waals surface area contributed by atoms with Crippen molar-refractivity contribution < 1.29 is 14.6 Å². The second kappa shape index (κ2) is 4.28. The summed E-state index contributed by atoms with van der Waals surface area (Å²) >= 11 is 0. The van der Waals surface area contributed by atoms with E-state index in [2.05, 4.69) is 4.90 Å². The number of ether oxygens (including phenoxy) is 1. The van der Waals surface area contributed by atoms with Gasteiger partial charge in [0.2, 0.25) is 0 Å². The van der Waals surface area contributed by atoms with Crippen LogP contribution in [0.25, 0.3) is 0 Å². The summed E-state index contributed by atoms with van der Waals surface area (Å²) in [7, 11) is 0. The topological polar surface area (TPSA) is 49.8 Å². The van der Waals surface area contributed by atoms with E-state index in [9.17, 15) is 4.79 Å². The first-order valence-electron chi connectivity index (χ1n) is 5.28. The highest BCUT2D eigenvalue weighted by Crippen LogP contribution is 2.19. The minimum Gasteiger partial charge on any atom is -0.481 e. The van der Waals surface area contributed by atoms with Gasteiger partial charge in [0.15, 0.2) is 0 Å². The van der Waals surface area contributed by atoms with Crippen LogP contribution in [0, 0.1) is 11.8 Å². The van der Waals surface area contributed by atoms with E-state index in [1.54, 1.807) is 0 Å². The molecule has 14 heavy (non-hydrogen) atoms. The van der Waals surface area contributed by atoms with E-state index in [1.807, 2.05) is 0 Å². The Morgan fingerprint density at radius 3 is 2.86 bits per heavy atom. The molecule has 2 heterocycles. The van der Waals surface area contributed by atoms with Gasteiger partial charge in [0.25, 0.3) is 0 Å². The molecular weight excluding hydrogens is 182 g/mol. The minimum atomic E-state index is -0.639. The van der Waals surface area contributed by atoms with Gasteiger partial charge in [0.1, 0.15) is 0 Å². The summed E-state index contributed by atoms with van der Waals surface area (Å²) in [6.45, 7) is 4.51. The predicted molar refractivity (Wildman–Crippen MR) is 51.1 cm³/mol. The lowest BCUT2D eigenvalue weighted by Crippen LogP contribution is -2.45. The molecule has 2 fully saturated rings. The number of rotatable bonds is 3. The van der Waals surface area contributed by atoms with Crippen molar-refractivity contribution in [1.29, 1.82) is 0 Å². The largest absolute Gasteiger partial charge is 0.481 e. The van der Waals surface area contributed by atoms with E-state index in [-0.39, 0.29) is 5.92 Å². The van der Waals surface area contributed by atoms with Gasteiger partial charge in [-0.25, -0.2) is 0 Å². The average Bonchev–Trinajstić information content (AvgIpc) is 2.12. The first-order valence-corrected chi connectivity index (χ1v) is 5.28. The molecule has 80 valence electrons. The normalized spacial score (nSPS) is 29.9. The number of carboxylic acid groups (broad SMARTS) is 1. The second-order valence-corrected chi connectivity index (χ2v) is 4.34. The van der Waals surface area contributed by atoms with Crippen LogP contribution in [0.15, 0.2) is 0 Å². The van der Waals surface area contributed by atoms with Gasteiger partial charge in [-0.2, -0.15) is 0 Å². The standard InChI is InChI=1S/C10H17NO3/c12-10(13)9-2-1-3-11(5-9)4-8-6-14-7-8/h8-9H,1-7H2,(H,12,13). The van der Waals surface area contributed by atoms with Crippen molar-refractivity contribution in [2.24, 2.45) is 11.8 Å². The van der Waals surface area contributed by atoms with Crippen molar-refractivity contribution in [2.75, 3.05) is 32.8 Å². The second-order valence-electron chi connectivity index (χ2n) is 4.34. The Morgan fingerprint density at radius 2 is 2.29 bits per heavy atom. The summed E-state index contributed by atoms with van der Waals surface area (Å²) in [4.78, 5) is 13.1. The van der Waals surface area contributed by atoms with Gasteiger partial charge in [-0.15, -0.1) is 0 Å². The number of hydrogen-bond acceptors (Lipinski definition) is 3. The van der Waals surface area contributed by atoms with Crippen LogP contribution >= 0.6 is 0 Å². The fourth-order valence-corrected chi connectivity index (χ4v) is 2.18. The number of nitrogens with zero attached hydrogens (tertiary/aromatic N) is 1. The molecule has 4 heteroatoms. The molecule has 0 bridgehead atoms. The zero-order valence-electron chi connectivity index (χ0n) is 8.32. The Labute approximate surface area is 83.8 Å². The number of aliphatic carboxylic acids is 1. The van der Waals surface area contributed by atoms with Crippen molar-refractivity contribution in [3.8, 4) is 0 Å². The van der Waals surface area contributed by atoms with Gasteiger partial charge in [-0.3, -0.25) is 4.79 Å². The number of likely N-dealkylation sites (tertiary alicyclic amines) is 1. The molecule has 1 N–H and O–H groups in total. The molecule has 0 radical (unpaired) electrons. The third-order valence-electron chi connectivity index (χ3n) is 3.08. The average molecular weight is 199 g/mol. The third kappa shape index (κ3) is 2.25. The van der Waals surface area contributed by atoms with Crippen LogP contribution in [0.1, 0.15) is 12.8 Å². The zero-order chi connectivity index (χ0) is 9.97. The molecule has 0 aromatic carbocycles. The van der Waals surface area contributed by atoms with Gasteiger partial charge in [-0.05, 0) is 19.4 Å². The lowest BCUT2D eigenvalue weighted by atomic mass is 9.97.